The quantitative estimate of drug-likeness (QED) is 0.653. The van der Waals surface area contributed by atoms with E-state index in [2.05, 4.69) is 24.5 Å². The second kappa shape index (κ2) is 10.8. The summed E-state index contributed by atoms with van der Waals surface area (Å²) in [5, 5.41) is 6.11. The molecule has 0 unspecified atom stereocenters. The number of carbonyl (C=O) groups excluding carboxylic acids is 2. The number of benzene rings is 2. The average Bonchev–Trinajstić information content (AvgIpc) is 2.78. The largest absolute Gasteiger partial charge is 0.484 e. The predicted octanol–water partition coefficient (Wildman–Crippen LogP) is 4.89. The summed E-state index contributed by atoms with van der Waals surface area (Å²) in [4.78, 5) is 24.8. The van der Waals surface area contributed by atoms with Gasteiger partial charge in [-0.3, -0.25) is 9.59 Å². The van der Waals surface area contributed by atoms with Crippen LogP contribution in [-0.2, 0) is 17.6 Å². The van der Waals surface area contributed by atoms with Gasteiger partial charge in [0.05, 0.1) is 0 Å². The van der Waals surface area contributed by atoms with Gasteiger partial charge in [-0.2, -0.15) is 0 Å². The molecule has 1 aliphatic carbocycles. The zero-order valence-corrected chi connectivity index (χ0v) is 18.0. The van der Waals surface area contributed by atoms with E-state index in [1.807, 2.05) is 18.2 Å². The minimum absolute atomic E-state index is 0.00816. The Hall–Kier alpha value is -2.82. The Labute approximate surface area is 179 Å². The van der Waals surface area contributed by atoms with Gasteiger partial charge >= 0.3 is 0 Å². The molecular formula is C25H32N2O3. The molecule has 0 aromatic heterocycles. The molecule has 0 bridgehead atoms. The second-order valence-electron chi connectivity index (χ2n) is 7.83. The van der Waals surface area contributed by atoms with E-state index in [1.165, 1.54) is 19.3 Å². The summed E-state index contributed by atoms with van der Waals surface area (Å²) >= 11 is 0. The maximum absolute atomic E-state index is 12.7. The van der Waals surface area contributed by atoms with E-state index in [4.69, 9.17) is 4.74 Å². The molecule has 0 aliphatic heterocycles. The highest BCUT2D eigenvalue weighted by Gasteiger charge is 2.16. The Balaban J connectivity index is 1.55. The standard InChI is InChI=1S/C25H32N2O3/c1-3-18-9-8-10-19(4-2)24(18)27-25(29)20-13-15-22(16-14-20)30-17-23(28)26-21-11-6-5-7-12-21/h8-10,13-16,21H,3-7,11-12,17H2,1-2H3,(H,26,28)(H,27,29). The fraction of sp³-hybridized carbons (Fsp3) is 0.440. The monoisotopic (exact) mass is 408 g/mol. The molecule has 2 aromatic carbocycles. The van der Waals surface area contributed by atoms with Crippen LogP contribution < -0.4 is 15.4 Å². The van der Waals surface area contributed by atoms with Crippen molar-refractivity contribution in [2.75, 3.05) is 11.9 Å². The van der Waals surface area contributed by atoms with E-state index in [0.29, 0.717) is 11.3 Å². The summed E-state index contributed by atoms with van der Waals surface area (Å²) in [7, 11) is 0. The van der Waals surface area contributed by atoms with Crippen LogP contribution in [0.25, 0.3) is 0 Å². The SMILES string of the molecule is CCc1cccc(CC)c1NC(=O)c1ccc(OCC(=O)NC2CCCCC2)cc1. The molecule has 0 heterocycles. The predicted molar refractivity (Wildman–Crippen MR) is 120 cm³/mol. The number of anilines is 1. The lowest BCUT2D eigenvalue weighted by molar-refractivity contribution is -0.124. The molecule has 5 heteroatoms. The molecule has 2 amide bonds. The summed E-state index contributed by atoms with van der Waals surface area (Å²) in [5.41, 5.74) is 3.73. The number of carbonyl (C=O) groups is 2. The molecule has 1 saturated carbocycles. The average molecular weight is 409 g/mol. The van der Waals surface area contributed by atoms with E-state index in [1.54, 1.807) is 24.3 Å². The van der Waals surface area contributed by atoms with Crippen molar-refractivity contribution in [3.8, 4) is 5.75 Å². The molecule has 2 aromatic rings. The van der Waals surface area contributed by atoms with E-state index < -0.39 is 0 Å². The highest BCUT2D eigenvalue weighted by atomic mass is 16.5. The first-order chi connectivity index (χ1) is 14.6. The van der Waals surface area contributed by atoms with Crippen molar-refractivity contribution in [2.45, 2.75) is 64.8 Å². The lowest BCUT2D eigenvalue weighted by atomic mass is 9.95. The molecule has 3 rings (SSSR count). The van der Waals surface area contributed by atoms with E-state index in [0.717, 1.165) is 42.5 Å². The number of aryl methyl sites for hydroxylation is 2. The Bertz CT molecular complexity index is 833. The van der Waals surface area contributed by atoms with Crippen molar-refractivity contribution >= 4 is 17.5 Å². The maximum atomic E-state index is 12.7. The van der Waals surface area contributed by atoms with Gasteiger partial charge in [-0.05, 0) is 61.1 Å². The van der Waals surface area contributed by atoms with E-state index in [-0.39, 0.29) is 24.5 Å². The number of hydrogen-bond donors (Lipinski definition) is 2. The van der Waals surface area contributed by atoms with Gasteiger partial charge in [0.2, 0.25) is 0 Å². The molecule has 0 spiro atoms. The Morgan fingerprint density at radius 3 is 2.17 bits per heavy atom. The lowest BCUT2D eigenvalue weighted by Gasteiger charge is -2.22. The molecule has 0 saturated heterocycles. The fourth-order valence-electron chi connectivity index (χ4n) is 3.96. The van der Waals surface area contributed by atoms with Crippen LogP contribution in [0.3, 0.4) is 0 Å². The van der Waals surface area contributed by atoms with Crippen LogP contribution in [0.1, 0.15) is 67.4 Å². The smallest absolute Gasteiger partial charge is 0.258 e. The van der Waals surface area contributed by atoms with Crippen LogP contribution >= 0.6 is 0 Å². The number of para-hydroxylation sites is 1. The molecule has 0 atom stereocenters. The van der Waals surface area contributed by atoms with Crippen molar-refractivity contribution in [3.63, 3.8) is 0 Å². The van der Waals surface area contributed by atoms with Gasteiger partial charge in [0.25, 0.3) is 11.8 Å². The van der Waals surface area contributed by atoms with Crippen molar-refractivity contribution in [2.24, 2.45) is 0 Å². The third kappa shape index (κ3) is 5.85. The normalized spacial score (nSPS) is 14.2. The van der Waals surface area contributed by atoms with Gasteiger partial charge < -0.3 is 15.4 Å². The molecule has 1 aliphatic rings. The van der Waals surface area contributed by atoms with Gasteiger partial charge in [-0.25, -0.2) is 0 Å². The van der Waals surface area contributed by atoms with Crippen LogP contribution in [0.5, 0.6) is 5.75 Å². The molecular weight excluding hydrogens is 376 g/mol. The van der Waals surface area contributed by atoms with Crippen LogP contribution in [0.2, 0.25) is 0 Å². The zero-order chi connectivity index (χ0) is 21.3. The third-order valence-electron chi connectivity index (χ3n) is 5.69. The number of ether oxygens (including phenoxy) is 1. The fourth-order valence-corrected chi connectivity index (χ4v) is 3.96. The van der Waals surface area contributed by atoms with Crippen LogP contribution in [0.15, 0.2) is 42.5 Å². The zero-order valence-electron chi connectivity index (χ0n) is 18.0. The third-order valence-corrected chi connectivity index (χ3v) is 5.69. The van der Waals surface area contributed by atoms with E-state index in [9.17, 15) is 9.59 Å². The summed E-state index contributed by atoms with van der Waals surface area (Å²) < 4.78 is 5.59. The Kier molecular flexibility index (Phi) is 7.89. The first-order valence-corrected chi connectivity index (χ1v) is 11.0. The Morgan fingerprint density at radius 2 is 1.57 bits per heavy atom. The summed E-state index contributed by atoms with van der Waals surface area (Å²) in [5.74, 6) is 0.340. The number of nitrogens with one attached hydrogen (secondary N) is 2. The van der Waals surface area contributed by atoms with Gasteiger partial charge in [0, 0.05) is 17.3 Å². The van der Waals surface area contributed by atoms with Crippen molar-refractivity contribution in [1.29, 1.82) is 0 Å². The maximum Gasteiger partial charge on any atom is 0.258 e. The minimum atomic E-state index is -0.146. The number of amides is 2. The number of rotatable bonds is 8. The minimum Gasteiger partial charge on any atom is -0.484 e. The summed E-state index contributed by atoms with van der Waals surface area (Å²) in [6.07, 6.45) is 7.44. The molecule has 1 fully saturated rings. The number of hydrogen-bond acceptors (Lipinski definition) is 3. The van der Waals surface area contributed by atoms with Gasteiger partial charge in [0.1, 0.15) is 5.75 Å². The first-order valence-electron chi connectivity index (χ1n) is 11.0. The lowest BCUT2D eigenvalue weighted by Crippen LogP contribution is -2.38. The van der Waals surface area contributed by atoms with Crippen molar-refractivity contribution < 1.29 is 14.3 Å². The molecule has 0 radical (unpaired) electrons. The molecule has 2 N–H and O–H groups in total. The topological polar surface area (TPSA) is 67.4 Å². The molecule has 5 nitrogen and oxygen atoms in total. The highest BCUT2D eigenvalue weighted by molar-refractivity contribution is 6.05. The Morgan fingerprint density at radius 1 is 0.933 bits per heavy atom. The molecule has 160 valence electrons. The van der Waals surface area contributed by atoms with Crippen LogP contribution in [0, 0.1) is 0 Å². The summed E-state index contributed by atoms with van der Waals surface area (Å²) in [6.45, 7) is 4.16. The van der Waals surface area contributed by atoms with E-state index >= 15 is 0 Å². The van der Waals surface area contributed by atoms with Crippen molar-refractivity contribution in [3.05, 3.63) is 59.2 Å². The van der Waals surface area contributed by atoms with Crippen molar-refractivity contribution in [1.82, 2.24) is 5.32 Å². The van der Waals surface area contributed by atoms with Crippen LogP contribution in [-0.4, -0.2) is 24.5 Å². The van der Waals surface area contributed by atoms with Crippen LogP contribution in [0.4, 0.5) is 5.69 Å². The van der Waals surface area contributed by atoms with Gasteiger partial charge in [0.15, 0.2) is 6.61 Å². The molecule has 30 heavy (non-hydrogen) atoms. The van der Waals surface area contributed by atoms with Gasteiger partial charge in [-0.1, -0.05) is 51.3 Å². The highest BCUT2D eigenvalue weighted by Crippen LogP contribution is 2.24. The second-order valence-corrected chi connectivity index (χ2v) is 7.83. The first kappa shape index (κ1) is 21.9. The van der Waals surface area contributed by atoms with Gasteiger partial charge in [-0.15, -0.1) is 0 Å². The summed E-state index contributed by atoms with van der Waals surface area (Å²) in [6, 6.07) is 13.3.